The largest absolute Gasteiger partial charge is 0.390 e. The fourth-order valence-electron chi connectivity index (χ4n) is 2.16. The van der Waals surface area contributed by atoms with Crippen molar-refractivity contribution in [1.29, 1.82) is 0 Å². The van der Waals surface area contributed by atoms with Crippen molar-refractivity contribution in [3.05, 3.63) is 0 Å². The van der Waals surface area contributed by atoms with Crippen LogP contribution in [0.5, 0.6) is 0 Å². The van der Waals surface area contributed by atoms with E-state index in [1.807, 2.05) is 0 Å². The molecule has 0 aromatic heterocycles. The summed E-state index contributed by atoms with van der Waals surface area (Å²) in [6, 6.07) is 0. The molecule has 0 heterocycles. The van der Waals surface area contributed by atoms with Crippen LogP contribution in [0.2, 0.25) is 0 Å². The van der Waals surface area contributed by atoms with Crippen LogP contribution in [0.25, 0.3) is 0 Å². The summed E-state index contributed by atoms with van der Waals surface area (Å²) in [5, 5.41) is 9.54. The van der Waals surface area contributed by atoms with E-state index in [1.165, 1.54) is 12.8 Å². The Balaban J connectivity index is 0.000000149. The Kier molecular flexibility index (Phi) is 2.99. The van der Waals surface area contributed by atoms with Crippen LogP contribution in [0.4, 0.5) is 0 Å². The highest BCUT2D eigenvalue weighted by Gasteiger charge is 2.42. The highest BCUT2D eigenvalue weighted by atomic mass is 32.2. The first-order chi connectivity index (χ1) is 5.79. The first kappa shape index (κ1) is 10.9. The zero-order valence-electron chi connectivity index (χ0n) is 7.73. The Labute approximate surface area is 78.7 Å². The lowest BCUT2D eigenvalue weighted by Crippen LogP contribution is -2.20. The molecule has 2 N–H and O–H groups in total. The second-order valence-electron chi connectivity index (χ2n) is 4.10. The van der Waals surface area contributed by atoms with Crippen LogP contribution in [-0.2, 0) is 10.1 Å². The van der Waals surface area contributed by atoms with Gasteiger partial charge in [0.1, 0.15) is 0 Å². The quantitative estimate of drug-likeness (QED) is 0.578. The van der Waals surface area contributed by atoms with Crippen LogP contribution in [0.15, 0.2) is 0 Å². The Morgan fingerprint density at radius 2 is 1.69 bits per heavy atom. The van der Waals surface area contributed by atoms with Gasteiger partial charge >= 0.3 is 0 Å². The summed E-state index contributed by atoms with van der Waals surface area (Å²) >= 11 is 0. The smallest absolute Gasteiger partial charge is 0.261 e. The summed E-state index contributed by atoms with van der Waals surface area (Å²) in [7, 11) is -3.67. The van der Waals surface area contributed by atoms with Crippen molar-refractivity contribution in [2.24, 2.45) is 5.92 Å². The predicted molar refractivity (Wildman–Crippen MR) is 49.0 cm³/mol. The van der Waals surface area contributed by atoms with E-state index in [4.69, 9.17) is 4.55 Å². The Bertz CT molecular complexity index is 254. The minimum atomic E-state index is -3.67. The molecule has 4 nitrogen and oxygen atoms in total. The average Bonchev–Trinajstić information content (AvgIpc) is 2.40. The molecule has 0 saturated heterocycles. The van der Waals surface area contributed by atoms with Crippen LogP contribution in [-0.4, -0.2) is 29.9 Å². The third kappa shape index (κ3) is 4.06. The van der Waals surface area contributed by atoms with Crippen LogP contribution in [0, 0.1) is 5.92 Å². The third-order valence-electron chi connectivity index (χ3n) is 2.70. The van der Waals surface area contributed by atoms with E-state index >= 15 is 0 Å². The molecule has 0 atom stereocenters. The molecule has 78 valence electrons. The fraction of sp³-hybridized carbons (Fsp3) is 1.00. The molecule has 0 unspecified atom stereocenters. The van der Waals surface area contributed by atoms with Gasteiger partial charge in [-0.3, -0.25) is 4.55 Å². The SMILES string of the molecule is CS(=O)(=O)O.OC12CCC(CC1)C2. The zero-order chi connectivity index (χ0) is 10.1. The van der Waals surface area contributed by atoms with E-state index < -0.39 is 10.1 Å². The Hall–Kier alpha value is -0.130. The van der Waals surface area contributed by atoms with E-state index in [9.17, 15) is 13.5 Å². The molecule has 2 bridgehead atoms. The lowest BCUT2D eigenvalue weighted by Gasteiger charge is -2.17. The molecule has 2 rings (SSSR count). The lowest BCUT2D eigenvalue weighted by molar-refractivity contribution is 0.0521. The minimum absolute atomic E-state index is 0.190. The molecule has 0 spiro atoms. The molecule has 0 aromatic carbocycles. The molecule has 2 aliphatic rings. The summed E-state index contributed by atoms with van der Waals surface area (Å²) in [5.74, 6) is 0.889. The molecule has 0 amide bonds. The van der Waals surface area contributed by atoms with Crippen molar-refractivity contribution in [2.75, 3.05) is 6.26 Å². The topological polar surface area (TPSA) is 74.6 Å². The number of hydrogen-bond donors (Lipinski definition) is 2. The van der Waals surface area contributed by atoms with E-state index in [0.29, 0.717) is 6.26 Å². The van der Waals surface area contributed by atoms with Gasteiger partial charge in [-0.25, -0.2) is 0 Å². The molecule has 2 aliphatic carbocycles. The molecule has 13 heavy (non-hydrogen) atoms. The molecule has 0 aliphatic heterocycles. The minimum Gasteiger partial charge on any atom is -0.390 e. The second-order valence-corrected chi connectivity index (χ2v) is 5.57. The van der Waals surface area contributed by atoms with E-state index in [0.717, 1.165) is 25.2 Å². The molecule has 0 aromatic rings. The summed E-state index contributed by atoms with van der Waals surface area (Å²) in [4.78, 5) is 0. The number of fused-ring (bicyclic) bond motifs is 2. The summed E-state index contributed by atoms with van der Waals surface area (Å²) < 4.78 is 25.9. The standard InChI is InChI=1S/C7H12O.CH4O3S/c8-7-3-1-6(5-7)2-4-7;1-5(2,3)4/h6,8H,1-5H2;1H3,(H,2,3,4). The van der Waals surface area contributed by atoms with E-state index in [-0.39, 0.29) is 5.60 Å². The van der Waals surface area contributed by atoms with Crippen molar-refractivity contribution in [2.45, 2.75) is 37.7 Å². The highest BCUT2D eigenvalue weighted by molar-refractivity contribution is 7.85. The second kappa shape index (κ2) is 3.55. The van der Waals surface area contributed by atoms with Gasteiger partial charge in [-0.05, 0) is 38.0 Å². The van der Waals surface area contributed by atoms with Crippen molar-refractivity contribution in [3.63, 3.8) is 0 Å². The van der Waals surface area contributed by atoms with Crippen LogP contribution in [0.1, 0.15) is 32.1 Å². The van der Waals surface area contributed by atoms with Gasteiger partial charge in [-0.15, -0.1) is 0 Å². The van der Waals surface area contributed by atoms with Crippen molar-refractivity contribution < 1.29 is 18.1 Å². The van der Waals surface area contributed by atoms with Gasteiger partial charge in [0.25, 0.3) is 10.1 Å². The van der Waals surface area contributed by atoms with Crippen molar-refractivity contribution in [3.8, 4) is 0 Å². The van der Waals surface area contributed by atoms with Crippen LogP contribution < -0.4 is 0 Å². The maximum atomic E-state index is 9.54. The normalized spacial score (nSPS) is 37.0. The maximum Gasteiger partial charge on any atom is 0.261 e. The monoisotopic (exact) mass is 208 g/mol. The van der Waals surface area contributed by atoms with Gasteiger partial charge in [0.2, 0.25) is 0 Å². The Morgan fingerprint density at radius 1 is 1.31 bits per heavy atom. The van der Waals surface area contributed by atoms with Gasteiger partial charge in [0, 0.05) is 0 Å². The Morgan fingerprint density at radius 3 is 1.77 bits per heavy atom. The summed E-state index contributed by atoms with van der Waals surface area (Å²) in [6.45, 7) is 0. The number of rotatable bonds is 0. The molecular formula is C8H16O4S. The zero-order valence-corrected chi connectivity index (χ0v) is 8.55. The molecule has 0 radical (unpaired) electrons. The van der Waals surface area contributed by atoms with Gasteiger partial charge in [-0.2, -0.15) is 8.42 Å². The van der Waals surface area contributed by atoms with E-state index in [2.05, 4.69) is 0 Å². The fourth-order valence-corrected chi connectivity index (χ4v) is 2.16. The first-order valence-corrected chi connectivity index (χ1v) is 6.28. The summed E-state index contributed by atoms with van der Waals surface area (Å²) in [5.41, 5.74) is -0.190. The number of hydrogen-bond acceptors (Lipinski definition) is 3. The third-order valence-corrected chi connectivity index (χ3v) is 2.70. The van der Waals surface area contributed by atoms with Gasteiger partial charge in [-0.1, -0.05) is 0 Å². The predicted octanol–water partition coefficient (Wildman–Crippen LogP) is 0.815. The van der Waals surface area contributed by atoms with Crippen molar-refractivity contribution in [1.82, 2.24) is 0 Å². The molecule has 2 fully saturated rings. The maximum absolute atomic E-state index is 9.54. The first-order valence-electron chi connectivity index (χ1n) is 4.43. The van der Waals surface area contributed by atoms with Crippen LogP contribution >= 0.6 is 0 Å². The van der Waals surface area contributed by atoms with Crippen LogP contribution in [0.3, 0.4) is 0 Å². The highest BCUT2D eigenvalue weighted by Crippen LogP contribution is 2.47. The van der Waals surface area contributed by atoms with Gasteiger partial charge in [0.05, 0.1) is 11.9 Å². The molecule has 2 saturated carbocycles. The van der Waals surface area contributed by atoms with E-state index in [1.54, 1.807) is 0 Å². The molecular weight excluding hydrogens is 192 g/mol. The van der Waals surface area contributed by atoms with Crippen molar-refractivity contribution >= 4 is 10.1 Å². The average molecular weight is 208 g/mol. The lowest BCUT2D eigenvalue weighted by atomic mass is 9.98. The van der Waals surface area contributed by atoms with Gasteiger partial charge in [0.15, 0.2) is 0 Å². The number of aliphatic hydroxyl groups is 1. The van der Waals surface area contributed by atoms with Gasteiger partial charge < -0.3 is 5.11 Å². The summed E-state index contributed by atoms with van der Waals surface area (Å²) in [6.07, 6.45) is 6.56. The molecule has 5 heteroatoms.